The highest BCUT2D eigenvalue weighted by atomic mass is 32.2. The van der Waals surface area contributed by atoms with Gasteiger partial charge in [0.1, 0.15) is 0 Å². The minimum Gasteiger partial charge on any atom is -0.357 e. The summed E-state index contributed by atoms with van der Waals surface area (Å²) in [7, 11) is -0.120. The van der Waals surface area contributed by atoms with E-state index in [2.05, 4.69) is 39.0 Å². The summed E-state index contributed by atoms with van der Waals surface area (Å²) in [4.78, 5) is 6.99. The first kappa shape index (κ1) is 10.8. The van der Waals surface area contributed by atoms with Crippen molar-refractivity contribution in [2.45, 2.75) is 5.03 Å². The van der Waals surface area contributed by atoms with Crippen molar-refractivity contribution in [1.82, 2.24) is 9.97 Å². The van der Waals surface area contributed by atoms with Crippen LogP contribution in [-0.4, -0.2) is 9.97 Å². The highest BCUT2D eigenvalue weighted by Crippen LogP contribution is 2.40. The second-order valence-corrected chi connectivity index (χ2v) is 5.06. The molecule has 0 spiro atoms. The Balaban J connectivity index is 0.000000138. The van der Waals surface area contributed by atoms with E-state index in [1.807, 2.05) is 30.5 Å². The molecule has 2 aromatic heterocycles. The van der Waals surface area contributed by atoms with Crippen molar-refractivity contribution < 1.29 is 0 Å². The number of aromatic amines is 1. The Morgan fingerprint density at radius 1 is 0.938 bits per heavy atom. The van der Waals surface area contributed by atoms with Crippen LogP contribution in [0.4, 0.5) is 0 Å². The average Bonchev–Trinajstić information content (AvgIpc) is 3.05. The van der Waals surface area contributed by atoms with Crippen LogP contribution in [0.1, 0.15) is 0 Å². The molecule has 0 bridgehead atoms. The van der Waals surface area contributed by atoms with Gasteiger partial charge in [0.2, 0.25) is 0 Å². The molecule has 0 amide bonds. The maximum atomic E-state index is 3.78. The first-order valence-corrected chi connectivity index (χ1v) is 6.56. The molecule has 0 aliphatic carbocycles. The second kappa shape index (κ2) is 5.98. The van der Waals surface area contributed by atoms with Crippen LogP contribution in [0.3, 0.4) is 0 Å². The summed E-state index contributed by atoms with van der Waals surface area (Å²) in [6, 6.07) is 9.89. The highest BCUT2D eigenvalue weighted by molar-refractivity contribution is 8.22. The van der Waals surface area contributed by atoms with Gasteiger partial charge >= 0.3 is 0 Å². The monoisotopic (exact) mass is 230 g/mol. The molecule has 1 N–H and O–H groups in total. The number of aromatic nitrogens is 2. The number of rotatable bonds is 1. The van der Waals surface area contributed by atoms with Crippen LogP contribution < -0.4 is 0 Å². The molecular weight excluding hydrogens is 216 g/mol. The van der Waals surface area contributed by atoms with Gasteiger partial charge in [0.05, 0.1) is 5.03 Å². The number of hydrogen-bond acceptors (Lipinski definition) is 1. The maximum absolute atomic E-state index is 3.78. The molecule has 3 heteroatoms. The van der Waals surface area contributed by atoms with Gasteiger partial charge in [-0.2, -0.15) is 10.9 Å². The fraction of sp³-hybridized carbons (Fsp3) is 0. The van der Waals surface area contributed by atoms with Crippen molar-refractivity contribution in [3.8, 4) is 0 Å². The molecule has 16 heavy (non-hydrogen) atoms. The van der Waals surface area contributed by atoms with Crippen molar-refractivity contribution in [2.24, 2.45) is 0 Å². The molecular formula is C13H14N2S. The van der Waals surface area contributed by atoms with Crippen LogP contribution in [-0.2, 0) is 0 Å². The van der Waals surface area contributed by atoms with Gasteiger partial charge in [0.25, 0.3) is 0 Å². The summed E-state index contributed by atoms with van der Waals surface area (Å²) in [6.07, 6.45) is 9.68. The lowest BCUT2D eigenvalue weighted by Crippen LogP contribution is -1.70. The molecule has 82 valence electrons. The Morgan fingerprint density at radius 2 is 1.69 bits per heavy atom. The van der Waals surface area contributed by atoms with Gasteiger partial charge in [0, 0.05) is 18.6 Å². The van der Waals surface area contributed by atoms with Crippen molar-refractivity contribution in [3.63, 3.8) is 0 Å². The number of nitrogens with one attached hydrogen (secondary N) is 1. The Bertz CT molecular complexity index is 407. The minimum absolute atomic E-state index is 0.120. The van der Waals surface area contributed by atoms with Crippen LogP contribution >= 0.6 is 10.9 Å². The summed E-state index contributed by atoms with van der Waals surface area (Å²) in [5.41, 5.74) is 0. The van der Waals surface area contributed by atoms with Gasteiger partial charge in [-0.25, -0.2) is 0 Å². The lowest BCUT2D eigenvalue weighted by atomic mass is 10.5. The molecule has 0 fully saturated rings. The van der Waals surface area contributed by atoms with E-state index >= 15 is 0 Å². The first-order valence-electron chi connectivity index (χ1n) is 5.08. The quantitative estimate of drug-likeness (QED) is 0.721. The summed E-state index contributed by atoms with van der Waals surface area (Å²) in [5, 5.41) is 5.81. The van der Waals surface area contributed by atoms with E-state index in [1.165, 1.54) is 5.03 Å². The van der Waals surface area contributed by atoms with Gasteiger partial charge in [-0.3, -0.25) is 4.98 Å². The number of allylic oxidation sites excluding steroid dienone is 2. The summed E-state index contributed by atoms with van der Waals surface area (Å²) in [5.74, 6) is 0. The normalized spacial score (nSPS) is 14.6. The Morgan fingerprint density at radius 3 is 2.12 bits per heavy atom. The van der Waals surface area contributed by atoms with Crippen molar-refractivity contribution in [2.75, 3.05) is 0 Å². The van der Waals surface area contributed by atoms with Crippen molar-refractivity contribution in [3.05, 3.63) is 71.9 Å². The van der Waals surface area contributed by atoms with Crippen molar-refractivity contribution in [1.29, 1.82) is 0 Å². The number of hydrogen-bond donors (Lipinski definition) is 2. The molecule has 0 saturated heterocycles. The molecule has 3 rings (SSSR count). The molecule has 0 aromatic carbocycles. The molecule has 2 aromatic rings. The smallest absolute Gasteiger partial charge is 0.0593 e. The fourth-order valence-corrected chi connectivity index (χ4v) is 2.76. The topological polar surface area (TPSA) is 28.7 Å². The molecule has 2 nitrogen and oxygen atoms in total. The lowest BCUT2D eigenvalue weighted by molar-refractivity contribution is 1.21. The van der Waals surface area contributed by atoms with E-state index in [1.54, 1.807) is 12.4 Å². The van der Waals surface area contributed by atoms with Crippen LogP contribution in [0.15, 0.2) is 76.9 Å². The van der Waals surface area contributed by atoms with E-state index < -0.39 is 0 Å². The van der Waals surface area contributed by atoms with Gasteiger partial charge in [-0.15, -0.1) is 0 Å². The van der Waals surface area contributed by atoms with Gasteiger partial charge in [0.15, 0.2) is 0 Å². The molecule has 0 saturated carbocycles. The minimum atomic E-state index is -0.120. The third-order valence-electron chi connectivity index (χ3n) is 2.03. The first-order chi connectivity index (χ1) is 7.97. The largest absolute Gasteiger partial charge is 0.357 e. The third kappa shape index (κ3) is 3.14. The second-order valence-electron chi connectivity index (χ2n) is 3.17. The number of pyridine rings is 1. The zero-order valence-electron chi connectivity index (χ0n) is 8.82. The van der Waals surface area contributed by atoms with E-state index in [9.17, 15) is 0 Å². The summed E-state index contributed by atoms with van der Waals surface area (Å²) >= 11 is 0. The lowest BCUT2D eigenvalue weighted by Gasteiger charge is -2.04. The number of H-pyrrole nitrogens is 1. The van der Waals surface area contributed by atoms with Gasteiger partial charge in [-0.1, -0.05) is 18.2 Å². The van der Waals surface area contributed by atoms with Gasteiger partial charge in [-0.05, 0) is 35.1 Å². The highest BCUT2D eigenvalue weighted by Gasteiger charge is 2.00. The number of nitrogens with zero attached hydrogens (tertiary/aromatic N) is 1. The molecule has 1 aliphatic rings. The van der Waals surface area contributed by atoms with Gasteiger partial charge < -0.3 is 4.98 Å². The Hall–Kier alpha value is -1.74. The number of thiol groups is 1. The van der Waals surface area contributed by atoms with Crippen LogP contribution in [0, 0.1) is 0 Å². The zero-order chi connectivity index (χ0) is 11.1. The Kier molecular flexibility index (Phi) is 4.02. The van der Waals surface area contributed by atoms with Crippen LogP contribution in [0.2, 0.25) is 0 Å². The molecule has 1 aliphatic heterocycles. The summed E-state index contributed by atoms with van der Waals surface area (Å²) < 4.78 is 0. The molecule has 0 radical (unpaired) electrons. The van der Waals surface area contributed by atoms with Crippen molar-refractivity contribution >= 4 is 10.9 Å². The average molecular weight is 230 g/mol. The predicted molar refractivity (Wildman–Crippen MR) is 70.6 cm³/mol. The summed E-state index contributed by atoms with van der Waals surface area (Å²) in [6.45, 7) is 0. The predicted octanol–water partition coefficient (Wildman–Crippen LogP) is 3.50. The molecule has 0 unspecified atom stereocenters. The van der Waals surface area contributed by atoms with E-state index in [0.29, 0.717) is 0 Å². The Labute approximate surface area is 98.1 Å². The zero-order valence-corrected chi connectivity index (χ0v) is 9.72. The third-order valence-corrected chi connectivity index (χ3v) is 3.85. The van der Waals surface area contributed by atoms with Crippen LogP contribution in [0.25, 0.3) is 0 Å². The molecule has 3 heterocycles. The maximum Gasteiger partial charge on any atom is 0.0593 e. The standard InChI is InChI=1S/C8H9NS.C5H5N/c1-2-7-10(6-1)8-4-3-5-9-8;1-2-4-6-5-3-1/h1-7,9-10H;1-5H. The fourth-order valence-electron chi connectivity index (χ4n) is 1.29. The van der Waals surface area contributed by atoms with E-state index in [0.717, 1.165) is 0 Å². The van der Waals surface area contributed by atoms with E-state index in [4.69, 9.17) is 0 Å². The SMILES string of the molecule is C1=C[SH](c2ccc[nH]2)C=C1.c1ccncc1. The molecule has 0 atom stereocenters. The van der Waals surface area contributed by atoms with Crippen LogP contribution in [0.5, 0.6) is 0 Å². The van der Waals surface area contributed by atoms with E-state index in [-0.39, 0.29) is 10.9 Å².